The number of hydrogen-bond donors (Lipinski definition) is 1. The molecule has 0 bridgehead atoms. The lowest BCUT2D eigenvalue weighted by atomic mass is 9.86. The zero-order valence-electron chi connectivity index (χ0n) is 9.09. The fraction of sp³-hybridized carbons (Fsp3) is 1.00. The van der Waals surface area contributed by atoms with Crippen molar-refractivity contribution >= 4 is 11.6 Å². The summed E-state index contributed by atoms with van der Waals surface area (Å²) < 4.78 is 13.7. The second kappa shape index (κ2) is 5.46. The molecule has 3 unspecified atom stereocenters. The minimum absolute atomic E-state index is 0.0450. The number of nitrogens with zero attached hydrogens (tertiary/aromatic N) is 1. The summed E-state index contributed by atoms with van der Waals surface area (Å²) in [6, 6.07) is 0. The van der Waals surface area contributed by atoms with Crippen molar-refractivity contribution in [3.63, 3.8) is 0 Å². The van der Waals surface area contributed by atoms with Gasteiger partial charge in [0.25, 0.3) is 0 Å². The highest BCUT2D eigenvalue weighted by atomic mass is 35.5. The molecule has 2 rings (SSSR count). The van der Waals surface area contributed by atoms with Crippen molar-refractivity contribution < 1.29 is 4.39 Å². The molecule has 3 atom stereocenters. The standard InChI is InChI=1S/C11H20ClFN2/c12-10-2-1-3-11(13)9(10)8-15-6-4-14-5-7-15/h9-11,14H,1-8H2. The Morgan fingerprint density at radius 1 is 1.27 bits per heavy atom. The predicted molar refractivity (Wildman–Crippen MR) is 61.2 cm³/mol. The minimum atomic E-state index is -0.684. The van der Waals surface area contributed by atoms with Crippen LogP contribution in [0, 0.1) is 5.92 Å². The molecular weight excluding hydrogens is 215 g/mol. The van der Waals surface area contributed by atoms with Crippen LogP contribution in [0.15, 0.2) is 0 Å². The third-order valence-corrected chi connectivity index (χ3v) is 4.11. The molecule has 1 N–H and O–H groups in total. The maximum absolute atomic E-state index is 13.7. The van der Waals surface area contributed by atoms with Gasteiger partial charge in [-0.1, -0.05) is 0 Å². The first kappa shape index (κ1) is 11.6. The van der Waals surface area contributed by atoms with Gasteiger partial charge in [-0.05, 0) is 19.3 Å². The fourth-order valence-electron chi connectivity index (χ4n) is 2.58. The predicted octanol–water partition coefficient (Wildman–Crippen LogP) is 1.64. The molecule has 0 aromatic heterocycles. The number of halogens is 2. The van der Waals surface area contributed by atoms with Crippen molar-refractivity contribution in [1.82, 2.24) is 10.2 Å². The third kappa shape index (κ3) is 3.05. The second-order valence-corrected chi connectivity index (χ2v) is 5.24. The molecule has 1 aliphatic carbocycles. The van der Waals surface area contributed by atoms with Gasteiger partial charge in [0.2, 0.25) is 0 Å². The topological polar surface area (TPSA) is 15.3 Å². The molecule has 1 aliphatic heterocycles. The van der Waals surface area contributed by atoms with E-state index in [1.165, 1.54) is 0 Å². The maximum Gasteiger partial charge on any atom is 0.106 e. The van der Waals surface area contributed by atoms with E-state index in [1.54, 1.807) is 0 Å². The molecule has 4 heteroatoms. The summed E-state index contributed by atoms with van der Waals surface area (Å²) in [5, 5.41) is 3.35. The van der Waals surface area contributed by atoms with Crippen molar-refractivity contribution in [2.75, 3.05) is 32.7 Å². The Morgan fingerprint density at radius 3 is 2.67 bits per heavy atom. The summed E-state index contributed by atoms with van der Waals surface area (Å²) in [5.41, 5.74) is 0. The van der Waals surface area contributed by atoms with Gasteiger partial charge in [-0.15, -0.1) is 11.6 Å². The Kier molecular flexibility index (Phi) is 4.23. The SMILES string of the molecule is FC1CCCC(Cl)C1CN1CCNCC1. The average molecular weight is 235 g/mol. The maximum atomic E-state index is 13.7. The van der Waals surface area contributed by atoms with Gasteiger partial charge < -0.3 is 10.2 Å². The molecule has 0 radical (unpaired) electrons. The third-order valence-electron chi connectivity index (χ3n) is 3.57. The van der Waals surface area contributed by atoms with Crippen molar-refractivity contribution in [2.24, 2.45) is 5.92 Å². The summed E-state index contributed by atoms with van der Waals surface area (Å²) in [6.07, 6.45) is 1.96. The van der Waals surface area contributed by atoms with Crippen LogP contribution in [0.3, 0.4) is 0 Å². The van der Waals surface area contributed by atoms with Crippen LogP contribution in [-0.4, -0.2) is 49.2 Å². The van der Waals surface area contributed by atoms with E-state index in [1.807, 2.05) is 0 Å². The van der Waals surface area contributed by atoms with Gasteiger partial charge in [-0.25, -0.2) is 4.39 Å². The van der Waals surface area contributed by atoms with Gasteiger partial charge in [0.15, 0.2) is 0 Å². The molecule has 2 fully saturated rings. The molecule has 15 heavy (non-hydrogen) atoms. The van der Waals surface area contributed by atoms with Crippen LogP contribution in [0.5, 0.6) is 0 Å². The van der Waals surface area contributed by atoms with Gasteiger partial charge in [-0.3, -0.25) is 0 Å². The van der Waals surface area contributed by atoms with Gasteiger partial charge in [0.05, 0.1) is 0 Å². The molecule has 2 nitrogen and oxygen atoms in total. The number of piperazine rings is 1. The molecule has 0 aromatic carbocycles. The molecule has 1 saturated carbocycles. The van der Waals surface area contributed by atoms with Crippen LogP contribution in [0.2, 0.25) is 0 Å². The Bertz CT molecular complexity index is 187. The van der Waals surface area contributed by atoms with E-state index < -0.39 is 6.17 Å². The highest BCUT2D eigenvalue weighted by molar-refractivity contribution is 6.20. The lowest BCUT2D eigenvalue weighted by Gasteiger charge is -2.36. The van der Waals surface area contributed by atoms with Gasteiger partial charge in [-0.2, -0.15) is 0 Å². The van der Waals surface area contributed by atoms with Crippen molar-refractivity contribution in [2.45, 2.75) is 30.8 Å². The van der Waals surface area contributed by atoms with Crippen molar-refractivity contribution in [3.8, 4) is 0 Å². The normalized spacial score (nSPS) is 39.2. The van der Waals surface area contributed by atoms with Crippen LogP contribution in [0.25, 0.3) is 0 Å². The summed E-state index contributed by atoms with van der Waals surface area (Å²) >= 11 is 6.21. The van der Waals surface area contributed by atoms with E-state index in [4.69, 9.17) is 11.6 Å². The fourth-order valence-corrected chi connectivity index (χ4v) is 2.98. The number of alkyl halides is 2. The highest BCUT2D eigenvalue weighted by Crippen LogP contribution is 2.31. The smallest absolute Gasteiger partial charge is 0.106 e. The van der Waals surface area contributed by atoms with E-state index in [0.29, 0.717) is 6.42 Å². The summed E-state index contributed by atoms with van der Waals surface area (Å²) in [5.74, 6) is 0.0542. The first-order valence-corrected chi connectivity index (χ1v) is 6.42. The number of hydrogen-bond acceptors (Lipinski definition) is 2. The molecule has 0 amide bonds. The lowest BCUT2D eigenvalue weighted by Crippen LogP contribution is -2.48. The Hall–Kier alpha value is 0.140. The second-order valence-electron chi connectivity index (χ2n) is 4.68. The molecule has 88 valence electrons. The largest absolute Gasteiger partial charge is 0.314 e. The zero-order chi connectivity index (χ0) is 10.7. The first-order chi connectivity index (χ1) is 7.27. The van der Waals surface area contributed by atoms with Crippen LogP contribution in [0.4, 0.5) is 4.39 Å². The van der Waals surface area contributed by atoms with E-state index >= 15 is 0 Å². The van der Waals surface area contributed by atoms with Crippen LogP contribution < -0.4 is 5.32 Å². The minimum Gasteiger partial charge on any atom is -0.314 e. The van der Waals surface area contributed by atoms with E-state index in [-0.39, 0.29) is 11.3 Å². The monoisotopic (exact) mass is 234 g/mol. The zero-order valence-corrected chi connectivity index (χ0v) is 9.85. The number of nitrogens with one attached hydrogen (secondary N) is 1. The summed E-state index contributed by atoms with van der Waals surface area (Å²) in [6.45, 7) is 4.96. The molecule has 0 aromatic rings. The molecule has 0 spiro atoms. The molecule has 1 saturated heterocycles. The van der Waals surface area contributed by atoms with Gasteiger partial charge in [0.1, 0.15) is 6.17 Å². The van der Waals surface area contributed by atoms with Crippen molar-refractivity contribution in [1.29, 1.82) is 0 Å². The van der Waals surface area contributed by atoms with Crippen LogP contribution in [0.1, 0.15) is 19.3 Å². The molecular formula is C11H20ClFN2. The number of rotatable bonds is 2. The Labute approximate surface area is 96.2 Å². The van der Waals surface area contributed by atoms with E-state index in [2.05, 4.69) is 10.2 Å². The average Bonchev–Trinajstić information content (AvgIpc) is 2.25. The van der Waals surface area contributed by atoms with E-state index in [0.717, 1.165) is 45.6 Å². The molecule has 2 aliphatic rings. The Balaban J connectivity index is 1.84. The highest BCUT2D eigenvalue weighted by Gasteiger charge is 2.33. The van der Waals surface area contributed by atoms with Gasteiger partial charge in [0, 0.05) is 44.0 Å². The molecule has 1 heterocycles. The quantitative estimate of drug-likeness (QED) is 0.731. The van der Waals surface area contributed by atoms with Crippen molar-refractivity contribution in [3.05, 3.63) is 0 Å². The van der Waals surface area contributed by atoms with Crippen LogP contribution in [-0.2, 0) is 0 Å². The first-order valence-electron chi connectivity index (χ1n) is 5.98. The summed E-state index contributed by atoms with van der Waals surface area (Å²) in [7, 11) is 0. The van der Waals surface area contributed by atoms with Gasteiger partial charge >= 0.3 is 0 Å². The van der Waals surface area contributed by atoms with E-state index in [9.17, 15) is 4.39 Å². The lowest BCUT2D eigenvalue weighted by molar-refractivity contribution is 0.112. The Morgan fingerprint density at radius 2 is 2.00 bits per heavy atom. The summed E-state index contributed by atoms with van der Waals surface area (Å²) in [4.78, 5) is 2.34. The van der Waals surface area contributed by atoms with Crippen LogP contribution >= 0.6 is 11.6 Å².